The summed E-state index contributed by atoms with van der Waals surface area (Å²) >= 11 is 0. The molecule has 0 saturated heterocycles. The zero-order chi connectivity index (χ0) is 16.1. The first-order chi connectivity index (χ1) is 11.3. The molecular formula is C21H27NO. The summed E-state index contributed by atoms with van der Waals surface area (Å²) in [4.78, 5) is 5.01. The van der Waals surface area contributed by atoms with Gasteiger partial charge in [-0.25, -0.2) is 0 Å². The third-order valence-corrected chi connectivity index (χ3v) is 5.26. The molecule has 1 saturated carbocycles. The van der Waals surface area contributed by atoms with Crippen LogP contribution >= 0.6 is 0 Å². The second kappa shape index (κ2) is 7.16. The highest BCUT2D eigenvalue weighted by molar-refractivity contribution is 6.03. The maximum atomic E-state index is 5.97. The number of rotatable bonds is 6. The maximum Gasteiger partial charge on any atom is 0.102 e. The Morgan fingerprint density at radius 3 is 2.87 bits per heavy atom. The first-order valence-corrected chi connectivity index (χ1v) is 8.84. The van der Waals surface area contributed by atoms with E-state index in [1.54, 1.807) is 0 Å². The van der Waals surface area contributed by atoms with Crippen molar-refractivity contribution < 1.29 is 4.74 Å². The number of allylic oxidation sites excluding steroid dienone is 3. The van der Waals surface area contributed by atoms with Crippen LogP contribution in [-0.4, -0.2) is 12.3 Å². The molecule has 0 heterocycles. The van der Waals surface area contributed by atoms with Crippen LogP contribution in [0.15, 0.2) is 59.8 Å². The molecule has 3 rings (SSSR count). The molecule has 1 aromatic rings. The van der Waals surface area contributed by atoms with Gasteiger partial charge < -0.3 is 4.74 Å². The zero-order valence-electron chi connectivity index (χ0n) is 14.1. The minimum absolute atomic E-state index is 0.124. The molecule has 0 spiro atoms. The van der Waals surface area contributed by atoms with Gasteiger partial charge in [0.1, 0.15) is 5.76 Å². The van der Waals surface area contributed by atoms with Crippen LogP contribution in [0.5, 0.6) is 0 Å². The van der Waals surface area contributed by atoms with E-state index in [1.165, 1.54) is 37.0 Å². The van der Waals surface area contributed by atoms with Crippen molar-refractivity contribution in [2.45, 2.75) is 45.6 Å². The number of nitrogens with zero attached hydrogens (tertiary/aromatic N) is 1. The first-order valence-electron chi connectivity index (χ1n) is 8.84. The van der Waals surface area contributed by atoms with E-state index < -0.39 is 0 Å². The smallest absolute Gasteiger partial charge is 0.102 e. The predicted molar refractivity (Wildman–Crippen MR) is 96.5 cm³/mol. The van der Waals surface area contributed by atoms with Crippen molar-refractivity contribution in [2.24, 2.45) is 16.3 Å². The quantitative estimate of drug-likeness (QED) is 0.652. The van der Waals surface area contributed by atoms with E-state index in [0.717, 1.165) is 25.3 Å². The molecule has 0 radical (unpaired) electrons. The molecule has 1 aromatic carbocycles. The van der Waals surface area contributed by atoms with E-state index in [2.05, 4.69) is 56.0 Å². The lowest BCUT2D eigenvalue weighted by molar-refractivity contribution is 0.122. The zero-order valence-corrected chi connectivity index (χ0v) is 14.1. The topological polar surface area (TPSA) is 21.6 Å². The Morgan fingerprint density at radius 2 is 2.13 bits per heavy atom. The molecule has 0 unspecified atom stereocenters. The Bertz CT molecular complexity index is 602. The molecule has 23 heavy (non-hydrogen) atoms. The van der Waals surface area contributed by atoms with Gasteiger partial charge in [-0.1, -0.05) is 49.2 Å². The van der Waals surface area contributed by atoms with E-state index >= 15 is 0 Å². The number of aliphatic imine (C=N–C) groups is 1. The summed E-state index contributed by atoms with van der Waals surface area (Å²) < 4.78 is 5.97. The van der Waals surface area contributed by atoms with Crippen LogP contribution in [0.4, 0.5) is 0 Å². The number of ether oxygens (including phenoxy) is 1. The van der Waals surface area contributed by atoms with Crippen molar-refractivity contribution in [2.75, 3.05) is 6.61 Å². The molecule has 2 aliphatic rings. The molecule has 0 amide bonds. The lowest BCUT2D eigenvalue weighted by Crippen LogP contribution is -2.37. The van der Waals surface area contributed by atoms with Crippen molar-refractivity contribution in [3.63, 3.8) is 0 Å². The molecule has 0 aromatic heterocycles. The minimum atomic E-state index is 0.124. The minimum Gasteiger partial charge on any atom is -0.498 e. The lowest BCUT2D eigenvalue weighted by Gasteiger charge is -2.40. The molecule has 0 N–H and O–H groups in total. The highest BCUT2D eigenvalue weighted by Crippen LogP contribution is 2.53. The van der Waals surface area contributed by atoms with E-state index in [0.29, 0.717) is 5.92 Å². The van der Waals surface area contributed by atoms with Crippen LogP contribution in [0, 0.1) is 11.3 Å². The van der Waals surface area contributed by atoms with Gasteiger partial charge in [0, 0.05) is 17.0 Å². The fraction of sp³-hybridized carbons (Fsp3) is 0.476. The fourth-order valence-corrected chi connectivity index (χ4v) is 4.22. The predicted octanol–water partition coefficient (Wildman–Crippen LogP) is 5.31. The number of benzene rings is 1. The van der Waals surface area contributed by atoms with Gasteiger partial charge in [0.2, 0.25) is 0 Å². The van der Waals surface area contributed by atoms with Gasteiger partial charge in [-0.05, 0) is 37.8 Å². The van der Waals surface area contributed by atoms with Gasteiger partial charge in [-0.2, -0.15) is 0 Å². The first kappa shape index (κ1) is 16.0. The second-order valence-electron chi connectivity index (χ2n) is 6.61. The normalized spacial score (nSPS) is 28.3. The summed E-state index contributed by atoms with van der Waals surface area (Å²) in [5.74, 6) is 1.64. The van der Waals surface area contributed by atoms with E-state index in [4.69, 9.17) is 9.73 Å². The second-order valence-corrected chi connectivity index (χ2v) is 6.61. The van der Waals surface area contributed by atoms with E-state index in [9.17, 15) is 0 Å². The van der Waals surface area contributed by atoms with Crippen molar-refractivity contribution in [3.8, 4) is 0 Å². The molecule has 2 atom stereocenters. The number of fused-ring (bicyclic) bond motifs is 1. The van der Waals surface area contributed by atoms with Gasteiger partial charge in [-0.15, -0.1) is 6.58 Å². The van der Waals surface area contributed by atoms with Crippen LogP contribution in [0.25, 0.3) is 0 Å². The van der Waals surface area contributed by atoms with E-state index in [-0.39, 0.29) is 5.41 Å². The Labute approximate surface area is 140 Å². The summed E-state index contributed by atoms with van der Waals surface area (Å²) in [7, 11) is 0. The Hall–Kier alpha value is -1.83. The van der Waals surface area contributed by atoms with Crippen molar-refractivity contribution in [1.29, 1.82) is 0 Å². The van der Waals surface area contributed by atoms with Crippen LogP contribution in [-0.2, 0) is 11.3 Å². The largest absolute Gasteiger partial charge is 0.498 e. The van der Waals surface area contributed by atoms with E-state index in [1.807, 2.05) is 0 Å². The molecule has 0 bridgehead atoms. The van der Waals surface area contributed by atoms with Crippen molar-refractivity contribution >= 4 is 5.71 Å². The molecule has 2 nitrogen and oxygen atoms in total. The third-order valence-electron chi connectivity index (χ3n) is 5.26. The van der Waals surface area contributed by atoms with Gasteiger partial charge in [0.05, 0.1) is 13.2 Å². The average Bonchev–Trinajstić information content (AvgIpc) is 2.88. The molecule has 2 heteroatoms. The standard InChI is InChI=1S/C21H27NO/c1-3-13-21-14-9-8-12-18(21)19(23-4-2)15-20(21)22-16-17-10-6-5-7-11-17/h3,5-7,10-11,15,18H,1,4,8-9,12-14,16H2,2H3/t18-,21-/m0/s1. The van der Waals surface area contributed by atoms with Gasteiger partial charge in [0.15, 0.2) is 0 Å². The molecule has 0 aliphatic heterocycles. The summed E-state index contributed by atoms with van der Waals surface area (Å²) in [5.41, 5.74) is 2.62. The summed E-state index contributed by atoms with van der Waals surface area (Å²) in [6.45, 7) is 7.56. The highest BCUT2D eigenvalue weighted by Gasteiger charge is 2.49. The average molecular weight is 309 g/mol. The van der Waals surface area contributed by atoms with Gasteiger partial charge in [-0.3, -0.25) is 4.99 Å². The van der Waals surface area contributed by atoms with Crippen LogP contribution in [0.1, 0.15) is 44.6 Å². The Kier molecular flexibility index (Phi) is 5.00. The monoisotopic (exact) mass is 309 g/mol. The Morgan fingerprint density at radius 1 is 1.30 bits per heavy atom. The van der Waals surface area contributed by atoms with Crippen LogP contribution in [0.3, 0.4) is 0 Å². The summed E-state index contributed by atoms with van der Waals surface area (Å²) in [6.07, 6.45) is 10.3. The van der Waals surface area contributed by atoms with Gasteiger partial charge >= 0.3 is 0 Å². The molecular weight excluding hydrogens is 282 g/mol. The third kappa shape index (κ3) is 3.12. The summed E-state index contributed by atoms with van der Waals surface area (Å²) in [5, 5.41) is 0. The van der Waals surface area contributed by atoms with Crippen LogP contribution in [0.2, 0.25) is 0 Å². The van der Waals surface area contributed by atoms with Crippen molar-refractivity contribution in [3.05, 3.63) is 60.4 Å². The SMILES string of the molecule is C=CC[C@]12CCCC[C@H]1C(OCC)=CC2=NCc1ccccc1. The van der Waals surface area contributed by atoms with Crippen LogP contribution < -0.4 is 0 Å². The molecule has 122 valence electrons. The molecule has 1 fully saturated rings. The number of hydrogen-bond acceptors (Lipinski definition) is 2. The van der Waals surface area contributed by atoms with Gasteiger partial charge in [0.25, 0.3) is 0 Å². The van der Waals surface area contributed by atoms with Crippen molar-refractivity contribution in [1.82, 2.24) is 0 Å². The fourth-order valence-electron chi connectivity index (χ4n) is 4.22. The molecule has 2 aliphatic carbocycles. The number of hydrogen-bond donors (Lipinski definition) is 0. The highest BCUT2D eigenvalue weighted by atomic mass is 16.5. The Balaban J connectivity index is 1.92. The lowest BCUT2D eigenvalue weighted by atomic mass is 9.64. The summed E-state index contributed by atoms with van der Waals surface area (Å²) in [6, 6.07) is 10.5. The maximum absolute atomic E-state index is 5.97.